The number of carbonyl (C=O) groups is 1. The number of hydrogen-bond donors (Lipinski definition) is 1. The average molecular weight is 349 g/mol. The summed E-state index contributed by atoms with van der Waals surface area (Å²) in [5, 5.41) is 8.43. The fourth-order valence-corrected chi connectivity index (χ4v) is 3.34. The fourth-order valence-electron chi connectivity index (χ4n) is 3.34. The number of para-hydroxylation sites is 1. The smallest absolute Gasteiger partial charge is 0.274 e. The molecule has 6 heteroatoms. The zero-order chi connectivity index (χ0) is 18.1. The molecule has 0 bridgehead atoms. The summed E-state index contributed by atoms with van der Waals surface area (Å²) in [5.74, 6) is 0.505. The molecule has 1 atom stereocenters. The molecule has 6 nitrogen and oxygen atoms in total. The van der Waals surface area contributed by atoms with Crippen LogP contribution in [0, 0.1) is 0 Å². The Kier molecular flexibility index (Phi) is 4.16. The minimum absolute atomic E-state index is 0.144. The van der Waals surface area contributed by atoms with Gasteiger partial charge in [-0.1, -0.05) is 36.4 Å². The van der Waals surface area contributed by atoms with E-state index in [1.807, 2.05) is 31.2 Å². The van der Waals surface area contributed by atoms with E-state index in [4.69, 9.17) is 4.74 Å². The number of fused-ring (bicyclic) bond motifs is 2. The zero-order valence-electron chi connectivity index (χ0n) is 14.4. The lowest BCUT2D eigenvalue weighted by atomic mass is 10.00. The van der Waals surface area contributed by atoms with Gasteiger partial charge in [-0.15, -0.1) is 0 Å². The molecule has 0 saturated heterocycles. The highest BCUT2D eigenvalue weighted by Crippen LogP contribution is 2.31. The summed E-state index contributed by atoms with van der Waals surface area (Å²) in [4.78, 5) is 25.4. The Bertz CT molecular complexity index is 1040. The second kappa shape index (κ2) is 6.63. The maximum Gasteiger partial charge on any atom is 0.274 e. The van der Waals surface area contributed by atoms with Gasteiger partial charge in [-0.2, -0.15) is 5.10 Å². The number of ether oxygens (including phenoxy) is 1. The van der Waals surface area contributed by atoms with E-state index in [2.05, 4.69) is 10.4 Å². The van der Waals surface area contributed by atoms with Crippen LogP contribution in [0.25, 0.3) is 10.8 Å². The molecule has 132 valence electrons. The molecule has 1 aliphatic heterocycles. The number of nitrogens with zero attached hydrogens (tertiary/aromatic N) is 2. The van der Waals surface area contributed by atoms with Gasteiger partial charge in [0, 0.05) is 23.9 Å². The highest BCUT2D eigenvalue weighted by molar-refractivity contribution is 6.04. The molecule has 1 aliphatic rings. The van der Waals surface area contributed by atoms with Crippen LogP contribution in [-0.4, -0.2) is 22.3 Å². The van der Waals surface area contributed by atoms with Crippen molar-refractivity contribution in [2.45, 2.75) is 25.9 Å². The monoisotopic (exact) mass is 349 g/mol. The van der Waals surface area contributed by atoms with Gasteiger partial charge in [0.2, 0.25) is 0 Å². The molecule has 2 aromatic carbocycles. The van der Waals surface area contributed by atoms with Gasteiger partial charge < -0.3 is 10.1 Å². The van der Waals surface area contributed by atoms with Crippen LogP contribution in [0.15, 0.2) is 53.3 Å². The van der Waals surface area contributed by atoms with Gasteiger partial charge in [-0.05, 0) is 19.1 Å². The Hall–Kier alpha value is -3.15. The Morgan fingerprint density at radius 2 is 1.92 bits per heavy atom. The Morgan fingerprint density at radius 1 is 1.19 bits per heavy atom. The quantitative estimate of drug-likeness (QED) is 0.789. The molecule has 3 aromatic rings. The molecule has 1 amide bonds. The van der Waals surface area contributed by atoms with E-state index < -0.39 is 0 Å². The van der Waals surface area contributed by atoms with Crippen molar-refractivity contribution in [3.8, 4) is 5.75 Å². The minimum Gasteiger partial charge on any atom is -0.493 e. The lowest BCUT2D eigenvalue weighted by Crippen LogP contribution is -2.34. The second-order valence-electron chi connectivity index (χ2n) is 6.22. The zero-order valence-corrected chi connectivity index (χ0v) is 14.4. The van der Waals surface area contributed by atoms with Gasteiger partial charge >= 0.3 is 0 Å². The maximum absolute atomic E-state index is 13.0. The van der Waals surface area contributed by atoms with Crippen molar-refractivity contribution in [2.24, 2.45) is 0 Å². The Labute approximate surface area is 150 Å². The summed E-state index contributed by atoms with van der Waals surface area (Å²) in [6.07, 6.45) is 0.689. The lowest BCUT2D eigenvalue weighted by molar-refractivity contribution is 0.0919. The minimum atomic E-state index is -0.287. The van der Waals surface area contributed by atoms with Crippen LogP contribution < -0.4 is 15.6 Å². The molecule has 1 N–H and O–H groups in total. The van der Waals surface area contributed by atoms with E-state index in [0.29, 0.717) is 30.3 Å². The van der Waals surface area contributed by atoms with Crippen molar-refractivity contribution in [3.05, 3.63) is 70.1 Å². The van der Waals surface area contributed by atoms with E-state index in [1.165, 1.54) is 4.68 Å². The first kappa shape index (κ1) is 16.3. The van der Waals surface area contributed by atoms with Crippen molar-refractivity contribution < 1.29 is 9.53 Å². The van der Waals surface area contributed by atoms with Crippen LogP contribution in [0.3, 0.4) is 0 Å². The lowest BCUT2D eigenvalue weighted by Gasteiger charge is -2.26. The standard InChI is InChI=1S/C20H19N3O3/c1-2-23-20(25)14-8-4-3-7-13(14)18(22-23)19(24)21-16-11-12-26-17-10-6-5-9-15(16)17/h3-10,16H,2,11-12H2,1H3,(H,21,24)/t16-/m1/s1. The number of rotatable bonds is 3. The molecule has 0 unspecified atom stereocenters. The number of benzene rings is 2. The van der Waals surface area contributed by atoms with Crippen LogP contribution >= 0.6 is 0 Å². The molecule has 0 fully saturated rings. The first-order valence-corrected chi connectivity index (χ1v) is 8.71. The molecule has 0 aliphatic carbocycles. The number of aryl methyl sites for hydroxylation is 1. The molecule has 0 saturated carbocycles. The van der Waals surface area contributed by atoms with Crippen LogP contribution in [0.5, 0.6) is 5.75 Å². The summed E-state index contributed by atoms with van der Waals surface area (Å²) in [6.45, 7) is 2.79. The number of nitrogens with one attached hydrogen (secondary N) is 1. The molecule has 26 heavy (non-hydrogen) atoms. The fraction of sp³-hybridized carbons (Fsp3) is 0.250. The predicted octanol–water partition coefficient (Wildman–Crippen LogP) is 2.67. The molecule has 0 radical (unpaired) electrons. The van der Waals surface area contributed by atoms with Gasteiger partial charge in [0.25, 0.3) is 11.5 Å². The highest BCUT2D eigenvalue weighted by Gasteiger charge is 2.25. The third kappa shape index (κ3) is 2.73. The Morgan fingerprint density at radius 3 is 2.73 bits per heavy atom. The van der Waals surface area contributed by atoms with Crippen LogP contribution in [0.2, 0.25) is 0 Å². The van der Waals surface area contributed by atoms with Gasteiger partial charge in [-0.25, -0.2) is 4.68 Å². The van der Waals surface area contributed by atoms with Crippen molar-refractivity contribution in [1.29, 1.82) is 0 Å². The number of carbonyl (C=O) groups excluding carboxylic acids is 1. The van der Waals surface area contributed by atoms with Crippen molar-refractivity contribution in [2.75, 3.05) is 6.61 Å². The summed E-state index contributed by atoms with van der Waals surface area (Å²) < 4.78 is 6.98. The summed E-state index contributed by atoms with van der Waals surface area (Å²) in [5.41, 5.74) is 1.04. The van der Waals surface area contributed by atoms with Crippen molar-refractivity contribution >= 4 is 16.7 Å². The predicted molar refractivity (Wildman–Crippen MR) is 98.4 cm³/mol. The van der Waals surface area contributed by atoms with Gasteiger partial charge in [-0.3, -0.25) is 9.59 Å². The van der Waals surface area contributed by atoms with Gasteiger partial charge in [0.15, 0.2) is 5.69 Å². The second-order valence-corrected chi connectivity index (χ2v) is 6.22. The van der Waals surface area contributed by atoms with Crippen LogP contribution in [0.4, 0.5) is 0 Å². The van der Waals surface area contributed by atoms with Crippen LogP contribution in [-0.2, 0) is 6.54 Å². The average Bonchev–Trinajstić information content (AvgIpc) is 2.69. The Balaban J connectivity index is 1.74. The molecule has 1 aromatic heterocycles. The first-order chi connectivity index (χ1) is 12.7. The van der Waals surface area contributed by atoms with E-state index in [9.17, 15) is 9.59 Å². The molecule has 4 rings (SSSR count). The molecule has 2 heterocycles. The van der Waals surface area contributed by atoms with E-state index in [-0.39, 0.29) is 23.2 Å². The SMILES string of the molecule is CCn1nc(C(=O)N[C@@H]2CCOc3ccccc32)c2ccccc2c1=O. The summed E-state index contributed by atoms with van der Waals surface area (Å²) in [7, 11) is 0. The normalized spacial score (nSPS) is 16.0. The summed E-state index contributed by atoms with van der Waals surface area (Å²) >= 11 is 0. The van der Waals surface area contributed by atoms with E-state index in [1.54, 1.807) is 24.3 Å². The number of amides is 1. The summed E-state index contributed by atoms with van der Waals surface area (Å²) in [6, 6.07) is 14.6. The van der Waals surface area contributed by atoms with Crippen molar-refractivity contribution in [3.63, 3.8) is 0 Å². The van der Waals surface area contributed by atoms with Crippen LogP contribution in [0.1, 0.15) is 35.4 Å². The van der Waals surface area contributed by atoms with Gasteiger partial charge in [0.05, 0.1) is 18.0 Å². The number of aromatic nitrogens is 2. The van der Waals surface area contributed by atoms with E-state index >= 15 is 0 Å². The molecular weight excluding hydrogens is 330 g/mol. The number of hydrogen-bond acceptors (Lipinski definition) is 4. The van der Waals surface area contributed by atoms with Gasteiger partial charge in [0.1, 0.15) is 5.75 Å². The third-order valence-electron chi connectivity index (χ3n) is 4.65. The maximum atomic E-state index is 13.0. The highest BCUT2D eigenvalue weighted by atomic mass is 16.5. The molecular formula is C20H19N3O3. The van der Waals surface area contributed by atoms with E-state index in [0.717, 1.165) is 11.3 Å². The largest absolute Gasteiger partial charge is 0.493 e. The first-order valence-electron chi connectivity index (χ1n) is 8.71. The third-order valence-corrected chi connectivity index (χ3v) is 4.65. The topological polar surface area (TPSA) is 73.2 Å². The van der Waals surface area contributed by atoms with Crippen molar-refractivity contribution in [1.82, 2.24) is 15.1 Å². The molecule has 0 spiro atoms.